The summed E-state index contributed by atoms with van der Waals surface area (Å²) >= 11 is 0. The van der Waals surface area contributed by atoms with Crippen molar-refractivity contribution >= 4 is 29.9 Å². The molecule has 2 heterocycles. The second kappa shape index (κ2) is 10.2. The molecule has 0 saturated carbocycles. The molecule has 3 aliphatic rings. The fourth-order valence-electron chi connectivity index (χ4n) is 5.85. The molecule has 30 heavy (non-hydrogen) atoms. The number of aryl methyl sites for hydroxylation is 1. The number of nitrogens with zero attached hydrogens (tertiary/aromatic N) is 3. The molecule has 1 N–H and O–H groups in total. The second-order valence-corrected chi connectivity index (χ2v) is 9.45. The summed E-state index contributed by atoms with van der Waals surface area (Å²) in [6, 6.07) is 9.16. The molecule has 1 atom stereocenters. The first kappa shape index (κ1) is 23.8. The average molecular weight is 527 g/mol. The first-order valence-electron chi connectivity index (χ1n) is 11.4. The highest BCUT2D eigenvalue weighted by atomic mass is 127. The zero-order valence-corrected chi connectivity index (χ0v) is 21.3. The molecule has 4 rings (SSSR count). The number of ether oxygens (including phenoxy) is 1. The van der Waals surface area contributed by atoms with E-state index in [1.165, 1.54) is 32.1 Å². The Bertz CT molecular complexity index is 732. The Morgan fingerprint density at radius 2 is 1.87 bits per heavy atom. The number of benzene rings is 1. The zero-order valence-electron chi connectivity index (χ0n) is 19.0. The molecule has 0 bridgehead atoms. The van der Waals surface area contributed by atoms with Crippen LogP contribution in [0.15, 0.2) is 29.3 Å². The van der Waals surface area contributed by atoms with Crippen molar-refractivity contribution in [3.8, 4) is 0 Å². The Balaban J connectivity index is 0.00000256. The van der Waals surface area contributed by atoms with Gasteiger partial charge in [0.2, 0.25) is 0 Å². The van der Waals surface area contributed by atoms with Crippen LogP contribution in [0.5, 0.6) is 0 Å². The number of likely N-dealkylation sites (tertiary alicyclic amines) is 1. The number of nitrogens with one attached hydrogen (secondary N) is 1. The predicted octanol–water partition coefficient (Wildman–Crippen LogP) is 3.66. The summed E-state index contributed by atoms with van der Waals surface area (Å²) in [6.07, 6.45) is 8.52. The summed E-state index contributed by atoms with van der Waals surface area (Å²) in [5.74, 6) is 1.07. The fourth-order valence-corrected chi connectivity index (χ4v) is 5.85. The minimum absolute atomic E-state index is 0. The number of fused-ring (bicyclic) bond motifs is 2. The first-order chi connectivity index (χ1) is 14.1. The van der Waals surface area contributed by atoms with Gasteiger partial charge in [0.15, 0.2) is 5.96 Å². The van der Waals surface area contributed by atoms with Gasteiger partial charge < -0.3 is 19.9 Å². The van der Waals surface area contributed by atoms with Gasteiger partial charge in [-0.15, -0.1) is 24.0 Å². The van der Waals surface area contributed by atoms with Gasteiger partial charge in [-0.05, 0) is 70.2 Å². The Kier molecular flexibility index (Phi) is 8.07. The Hall–Kier alpha value is -0.860. The van der Waals surface area contributed by atoms with E-state index < -0.39 is 0 Å². The lowest BCUT2D eigenvalue weighted by Gasteiger charge is -2.48. The quantitative estimate of drug-likeness (QED) is 0.371. The lowest BCUT2D eigenvalue weighted by Crippen LogP contribution is -2.59. The predicted molar refractivity (Wildman–Crippen MR) is 135 cm³/mol. The van der Waals surface area contributed by atoms with Crippen LogP contribution in [0.3, 0.4) is 0 Å². The zero-order chi connectivity index (χ0) is 20.3. The van der Waals surface area contributed by atoms with E-state index >= 15 is 0 Å². The SMILES string of the molecule is CN=C(NCC1(N(C)C)CCOCC1)N1CCCC2(CCCc3ccccc32)C1.I. The number of guanidine groups is 1. The van der Waals surface area contributed by atoms with E-state index in [0.29, 0.717) is 5.41 Å². The molecule has 2 aliphatic heterocycles. The molecule has 6 heteroatoms. The van der Waals surface area contributed by atoms with Crippen LogP contribution < -0.4 is 5.32 Å². The van der Waals surface area contributed by atoms with Crippen LogP contribution in [0, 0.1) is 0 Å². The van der Waals surface area contributed by atoms with Crippen molar-refractivity contribution in [1.29, 1.82) is 0 Å². The number of hydrogen-bond donors (Lipinski definition) is 1. The van der Waals surface area contributed by atoms with E-state index in [0.717, 1.165) is 51.6 Å². The van der Waals surface area contributed by atoms with Gasteiger partial charge in [-0.1, -0.05) is 24.3 Å². The number of likely N-dealkylation sites (N-methyl/N-ethyl adjacent to an activating group) is 1. The molecule has 1 spiro atoms. The van der Waals surface area contributed by atoms with Crippen LogP contribution in [0.1, 0.15) is 49.7 Å². The minimum Gasteiger partial charge on any atom is -0.381 e. The molecule has 1 aliphatic carbocycles. The number of piperidine rings is 1. The molecule has 168 valence electrons. The van der Waals surface area contributed by atoms with Gasteiger partial charge in [-0.25, -0.2) is 0 Å². The first-order valence-corrected chi connectivity index (χ1v) is 11.4. The summed E-state index contributed by atoms with van der Waals surface area (Å²) in [7, 11) is 6.33. The molecular weight excluding hydrogens is 487 g/mol. The van der Waals surface area contributed by atoms with E-state index in [9.17, 15) is 0 Å². The van der Waals surface area contributed by atoms with E-state index in [1.54, 1.807) is 11.1 Å². The van der Waals surface area contributed by atoms with Gasteiger partial charge in [0.25, 0.3) is 0 Å². The van der Waals surface area contributed by atoms with Crippen LogP contribution in [0.25, 0.3) is 0 Å². The van der Waals surface area contributed by atoms with E-state index in [1.807, 2.05) is 7.05 Å². The number of halogens is 1. The summed E-state index contributed by atoms with van der Waals surface area (Å²) in [5, 5.41) is 3.76. The summed E-state index contributed by atoms with van der Waals surface area (Å²) < 4.78 is 5.64. The van der Waals surface area contributed by atoms with Crippen molar-refractivity contribution in [3.05, 3.63) is 35.4 Å². The van der Waals surface area contributed by atoms with Gasteiger partial charge in [0.1, 0.15) is 0 Å². The highest BCUT2D eigenvalue weighted by Gasteiger charge is 2.41. The third kappa shape index (κ3) is 4.65. The van der Waals surface area contributed by atoms with Crippen LogP contribution >= 0.6 is 24.0 Å². The van der Waals surface area contributed by atoms with Crippen molar-refractivity contribution in [3.63, 3.8) is 0 Å². The van der Waals surface area contributed by atoms with Gasteiger partial charge in [0.05, 0.1) is 0 Å². The van der Waals surface area contributed by atoms with Crippen LogP contribution in [-0.4, -0.2) is 75.3 Å². The Morgan fingerprint density at radius 3 is 2.60 bits per heavy atom. The summed E-state index contributed by atoms with van der Waals surface area (Å²) in [6.45, 7) is 4.81. The largest absolute Gasteiger partial charge is 0.381 e. The van der Waals surface area contributed by atoms with Crippen LogP contribution in [0.4, 0.5) is 0 Å². The molecule has 2 fully saturated rings. The average Bonchev–Trinajstić information content (AvgIpc) is 2.75. The third-order valence-corrected chi connectivity index (χ3v) is 7.73. The maximum atomic E-state index is 5.64. The maximum Gasteiger partial charge on any atom is 0.193 e. The number of rotatable bonds is 3. The van der Waals surface area contributed by atoms with Gasteiger partial charge in [0, 0.05) is 50.8 Å². The molecule has 1 aromatic rings. The topological polar surface area (TPSA) is 40.1 Å². The Morgan fingerprint density at radius 1 is 1.13 bits per heavy atom. The lowest BCUT2D eigenvalue weighted by molar-refractivity contribution is -0.00537. The van der Waals surface area contributed by atoms with E-state index in [-0.39, 0.29) is 29.5 Å². The fraction of sp³-hybridized carbons (Fsp3) is 0.708. The van der Waals surface area contributed by atoms with Crippen molar-refractivity contribution < 1.29 is 4.74 Å². The van der Waals surface area contributed by atoms with Gasteiger partial charge in [-0.2, -0.15) is 0 Å². The van der Waals surface area contributed by atoms with Crippen molar-refractivity contribution in [2.75, 3.05) is 54.0 Å². The molecular formula is C24H39IN4O. The van der Waals surface area contributed by atoms with Crippen LogP contribution in [0.2, 0.25) is 0 Å². The molecule has 2 saturated heterocycles. The second-order valence-electron chi connectivity index (χ2n) is 9.45. The third-order valence-electron chi connectivity index (χ3n) is 7.73. The van der Waals surface area contributed by atoms with Crippen molar-refractivity contribution in [2.45, 2.75) is 55.9 Å². The van der Waals surface area contributed by atoms with Crippen LogP contribution in [-0.2, 0) is 16.6 Å². The number of aliphatic imine (C=N–C) groups is 1. The molecule has 0 amide bonds. The van der Waals surface area contributed by atoms with E-state index in [4.69, 9.17) is 9.73 Å². The molecule has 1 unspecified atom stereocenters. The minimum atomic E-state index is 0. The summed E-state index contributed by atoms with van der Waals surface area (Å²) in [5.41, 5.74) is 3.61. The molecule has 1 aromatic carbocycles. The molecule has 0 radical (unpaired) electrons. The molecule has 5 nitrogen and oxygen atoms in total. The van der Waals surface area contributed by atoms with Gasteiger partial charge >= 0.3 is 0 Å². The standard InChI is InChI=1S/C24H38N4O.HI/c1-25-22(26-18-24(27(2)3)13-16-29-17-14-24)28-15-7-12-23(19-28)11-6-9-20-8-4-5-10-21(20)23;/h4-5,8,10H,6-7,9,11-19H2,1-3H3,(H,25,26);1H. The summed E-state index contributed by atoms with van der Waals surface area (Å²) in [4.78, 5) is 9.60. The number of hydrogen-bond acceptors (Lipinski definition) is 3. The Labute approximate surface area is 199 Å². The smallest absolute Gasteiger partial charge is 0.193 e. The van der Waals surface area contributed by atoms with Crippen molar-refractivity contribution in [2.24, 2.45) is 4.99 Å². The molecule has 0 aromatic heterocycles. The van der Waals surface area contributed by atoms with Gasteiger partial charge in [-0.3, -0.25) is 4.99 Å². The highest BCUT2D eigenvalue weighted by molar-refractivity contribution is 14.0. The monoisotopic (exact) mass is 526 g/mol. The maximum absolute atomic E-state index is 5.64. The normalized spacial score (nSPS) is 26.3. The van der Waals surface area contributed by atoms with E-state index in [2.05, 4.69) is 53.5 Å². The lowest BCUT2D eigenvalue weighted by atomic mass is 9.66. The highest BCUT2D eigenvalue weighted by Crippen LogP contribution is 2.43. The van der Waals surface area contributed by atoms with Crippen molar-refractivity contribution in [1.82, 2.24) is 15.1 Å².